The first-order valence-electron chi connectivity index (χ1n) is 18.2. The number of fused-ring (bicyclic) bond motifs is 3. The topological polar surface area (TPSA) is 181 Å². The van der Waals surface area contributed by atoms with E-state index in [1.165, 1.54) is 22.3 Å². The maximum absolute atomic E-state index is 14.3. The number of carbonyl (C=O) groups is 4. The van der Waals surface area contributed by atoms with Crippen molar-refractivity contribution < 1.29 is 38.5 Å². The number of methoxy groups -OCH3 is 1. The van der Waals surface area contributed by atoms with Crippen molar-refractivity contribution in [2.75, 3.05) is 25.6 Å². The van der Waals surface area contributed by atoms with E-state index in [0.717, 1.165) is 28.9 Å². The third-order valence-corrected chi connectivity index (χ3v) is 10.8. The number of rotatable bonds is 9. The molecule has 15 heteroatoms. The highest BCUT2D eigenvalue weighted by atomic mass is 32.1. The number of thiazole rings is 1. The highest BCUT2D eigenvalue weighted by Crippen LogP contribution is 2.45. The van der Waals surface area contributed by atoms with Gasteiger partial charge in [0.2, 0.25) is 11.8 Å². The summed E-state index contributed by atoms with van der Waals surface area (Å²) in [4.78, 5) is 64.7. The number of aliphatic carboxylic acids is 1. The molecule has 3 amide bonds. The predicted molar refractivity (Wildman–Crippen MR) is 200 cm³/mol. The predicted octanol–water partition coefficient (Wildman–Crippen LogP) is 5.16. The van der Waals surface area contributed by atoms with Crippen LogP contribution in [-0.4, -0.2) is 93.9 Å². The number of aryl methyl sites for hydroxylation is 1. The minimum atomic E-state index is -1.50. The molecule has 0 unspecified atom stereocenters. The summed E-state index contributed by atoms with van der Waals surface area (Å²) >= 11 is 1.47. The van der Waals surface area contributed by atoms with Gasteiger partial charge in [-0.05, 0) is 63.5 Å². The average Bonchev–Trinajstić information content (AvgIpc) is 3.39. The van der Waals surface area contributed by atoms with Crippen LogP contribution in [0.3, 0.4) is 0 Å². The van der Waals surface area contributed by atoms with E-state index >= 15 is 0 Å². The quantitative estimate of drug-likeness (QED) is 0.212. The summed E-state index contributed by atoms with van der Waals surface area (Å²) < 4.78 is 18.0. The standard InChI is InChI=1S/C38H48N6O8S/c1-7-23-17-38(23,35(47)48)43-33(45)29-14-24-18-44(29)34(46)32(20(2)3)42-37(49)51-12-10-8-9-11-22-13-25-26(15-30(22)50-6)40-27(16-31(25)52-24)28-19-53-36(41-28)39-21(4)5/h7,13,15-16,19-21,23-24,29,32H,1,8-12,14,17-18H2,2-6H3,(H,39,41)(H,42,49)(H,43,45)(H,47,48)/t23-,24-,29+,32+,38-/m1/s1. The third kappa shape index (κ3) is 8.04. The van der Waals surface area contributed by atoms with Gasteiger partial charge in [-0.25, -0.2) is 19.6 Å². The molecule has 1 saturated heterocycles. The fourth-order valence-corrected chi connectivity index (χ4v) is 7.93. The number of benzene rings is 1. The van der Waals surface area contributed by atoms with Gasteiger partial charge in [0.25, 0.3) is 0 Å². The zero-order valence-electron chi connectivity index (χ0n) is 30.8. The van der Waals surface area contributed by atoms with Crippen LogP contribution in [0.4, 0.5) is 9.93 Å². The lowest BCUT2D eigenvalue weighted by Gasteiger charge is -2.30. The summed E-state index contributed by atoms with van der Waals surface area (Å²) in [7, 11) is 1.62. The smallest absolute Gasteiger partial charge is 0.407 e. The molecule has 4 N–H and O–H groups in total. The molecule has 14 nitrogen and oxygen atoms in total. The number of carboxylic acids is 1. The van der Waals surface area contributed by atoms with Crippen molar-refractivity contribution in [3.8, 4) is 22.9 Å². The summed E-state index contributed by atoms with van der Waals surface area (Å²) in [6.07, 6.45) is 3.30. The SMILES string of the molecule is C=C[C@@H]1C[C@]1(NC(=O)[C@@H]1C[C@@H]2CN1C(=O)[C@H](C(C)C)NC(=O)OCCCCCc1cc3c(cc(-c4csc(NC(C)C)n4)nc3cc1OC)O2)C(=O)O. The fourth-order valence-electron chi connectivity index (χ4n) is 7.08. The lowest BCUT2D eigenvalue weighted by molar-refractivity contribution is -0.145. The van der Waals surface area contributed by atoms with Crippen molar-refractivity contribution in [3.63, 3.8) is 0 Å². The monoisotopic (exact) mass is 748 g/mol. The Morgan fingerprint density at radius 3 is 2.62 bits per heavy atom. The second-order valence-corrected chi connectivity index (χ2v) is 15.5. The van der Waals surface area contributed by atoms with Crippen LogP contribution < -0.4 is 25.4 Å². The Balaban J connectivity index is 1.42. The molecule has 2 aromatic heterocycles. The van der Waals surface area contributed by atoms with Gasteiger partial charge in [-0.2, -0.15) is 0 Å². The first kappa shape index (κ1) is 37.8. The maximum Gasteiger partial charge on any atom is 0.407 e. The Morgan fingerprint density at radius 1 is 1.15 bits per heavy atom. The van der Waals surface area contributed by atoms with E-state index in [-0.39, 0.29) is 38.0 Å². The second kappa shape index (κ2) is 15.6. The van der Waals surface area contributed by atoms with Gasteiger partial charge in [-0.3, -0.25) is 9.59 Å². The highest BCUT2D eigenvalue weighted by Gasteiger charge is 2.61. The van der Waals surface area contributed by atoms with Crippen molar-refractivity contribution in [2.45, 2.75) is 96.0 Å². The molecule has 1 aliphatic carbocycles. The molecule has 53 heavy (non-hydrogen) atoms. The van der Waals surface area contributed by atoms with Crippen molar-refractivity contribution in [1.29, 1.82) is 0 Å². The normalized spacial score (nSPS) is 24.9. The van der Waals surface area contributed by atoms with Crippen LogP contribution in [0, 0.1) is 11.8 Å². The summed E-state index contributed by atoms with van der Waals surface area (Å²) in [5.41, 5.74) is 1.31. The zero-order valence-corrected chi connectivity index (χ0v) is 31.6. The molecule has 1 aromatic carbocycles. The molecule has 1 saturated carbocycles. The van der Waals surface area contributed by atoms with Gasteiger partial charge in [0.15, 0.2) is 5.13 Å². The number of pyridine rings is 1. The number of carboxylic acid groups (broad SMARTS) is 1. The van der Waals surface area contributed by atoms with Gasteiger partial charge >= 0.3 is 12.1 Å². The van der Waals surface area contributed by atoms with E-state index in [9.17, 15) is 24.3 Å². The Hall–Kier alpha value is -4.92. The molecule has 4 heterocycles. The maximum atomic E-state index is 14.3. The van der Waals surface area contributed by atoms with Crippen molar-refractivity contribution in [1.82, 2.24) is 25.5 Å². The molecular formula is C38H48N6O8S. The summed E-state index contributed by atoms with van der Waals surface area (Å²) in [6, 6.07) is 3.83. The number of carbonyl (C=O) groups excluding carboxylic acids is 3. The Bertz CT molecular complexity index is 1900. The number of hydrogen-bond acceptors (Lipinski definition) is 11. The second-order valence-electron chi connectivity index (χ2n) is 14.6. The summed E-state index contributed by atoms with van der Waals surface area (Å²) in [5.74, 6) is -1.90. The number of hydrogen-bond donors (Lipinski definition) is 4. The largest absolute Gasteiger partial charge is 0.496 e. The minimum absolute atomic E-state index is 0.00312. The summed E-state index contributed by atoms with van der Waals surface area (Å²) in [6.45, 7) is 11.6. The van der Waals surface area contributed by atoms with Crippen molar-refractivity contribution in [2.24, 2.45) is 11.8 Å². The van der Waals surface area contributed by atoms with Gasteiger partial charge < -0.3 is 40.2 Å². The molecule has 3 aliphatic rings. The molecule has 5 atom stereocenters. The Kier molecular flexibility index (Phi) is 11.1. The van der Waals surface area contributed by atoms with Gasteiger partial charge in [0.05, 0.1) is 31.5 Å². The molecule has 2 aliphatic heterocycles. The minimum Gasteiger partial charge on any atom is -0.496 e. The summed E-state index contributed by atoms with van der Waals surface area (Å²) in [5, 5.41) is 22.2. The van der Waals surface area contributed by atoms with Crippen molar-refractivity contribution in [3.05, 3.63) is 41.8 Å². The van der Waals surface area contributed by atoms with E-state index in [1.807, 2.05) is 37.4 Å². The van der Waals surface area contributed by atoms with E-state index in [4.69, 9.17) is 24.2 Å². The molecule has 6 rings (SSSR count). The number of ether oxygens (including phenoxy) is 3. The van der Waals surface area contributed by atoms with Gasteiger partial charge in [0.1, 0.15) is 40.9 Å². The molecule has 0 spiro atoms. The third-order valence-electron chi connectivity index (χ3n) is 10.1. The number of cyclic esters (lactones) is 1. The average molecular weight is 749 g/mol. The van der Waals surface area contributed by atoms with Gasteiger partial charge in [-0.15, -0.1) is 17.9 Å². The number of alkyl carbamates (subject to hydrolysis) is 1. The molecular weight excluding hydrogens is 701 g/mol. The number of amides is 3. The lowest BCUT2D eigenvalue weighted by atomic mass is 10.0. The van der Waals surface area contributed by atoms with E-state index in [1.54, 1.807) is 21.0 Å². The number of nitrogens with one attached hydrogen (secondary N) is 3. The van der Waals surface area contributed by atoms with Crippen LogP contribution in [0.2, 0.25) is 0 Å². The molecule has 2 fully saturated rings. The van der Waals surface area contributed by atoms with Crippen molar-refractivity contribution >= 4 is 51.2 Å². The van der Waals surface area contributed by atoms with Crippen LogP contribution >= 0.6 is 11.3 Å². The van der Waals surface area contributed by atoms with E-state index in [2.05, 4.69) is 22.5 Å². The van der Waals surface area contributed by atoms with Crippen LogP contribution in [0.25, 0.3) is 22.3 Å². The number of nitrogens with zero attached hydrogens (tertiary/aromatic N) is 3. The molecule has 284 valence electrons. The Labute approximate surface area is 312 Å². The first-order valence-corrected chi connectivity index (χ1v) is 19.0. The Morgan fingerprint density at radius 2 is 1.94 bits per heavy atom. The van der Waals surface area contributed by atoms with Crippen LogP contribution in [-0.2, 0) is 25.5 Å². The molecule has 4 bridgehead atoms. The molecule has 0 radical (unpaired) electrons. The van der Waals surface area contributed by atoms with Crippen LogP contribution in [0.15, 0.2) is 36.2 Å². The number of aromatic nitrogens is 2. The van der Waals surface area contributed by atoms with Crippen LogP contribution in [0.5, 0.6) is 11.5 Å². The van der Waals surface area contributed by atoms with E-state index in [0.29, 0.717) is 41.2 Å². The number of anilines is 1. The zero-order chi connectivity index (χ0) is 38.0. The van der Waals surface area contributed by atoms with E-state index < -0.39 is 53.5 Å². The van der Waals surface area contributed by atoms with Gasteiger partial charge in [-0.1, -0.05) is 19.9 Å². The lowest BCUT2D eigenvalue weighted by Crippen LogP contribution is -2.57. The van der Waals surface area contributed by atoms with Crippen LogP contribution in [0.1, 0.15) is 65.4 Å². The van der Waals surface area contributed by atoms with Gasteiger partial charge in [0, 0.05) is 41.3 Å². The fraction of sp³-hybridized carbons (Fsp3) is 0.526. The molecule has 3 aromatic rings. The highest BCUT2D eigenvalue weighted by molar-refractivity contribution is 7.14. The first-order chi connectivity index (χ1) is 25.3.